The van der Waals surface area contributed by atoms with Crippen LogP contribution in [0.4, 0.5) is 5.69 Å². The van der Waals surface area contributed by atoms with Crippen molar-refractivity contribution >= 4 is 22.5 Å². The van der Waals surface area contributed by atoms with Gasteiger partial charge in [0.05, 0.1) is 5.56 Å². The number of hydrogen-bond acceptors (Lipinski definition) is 3. The number of nitrogens with zero attached hydrogens (tertiary/aromatic N) is 3. The normalized spacial score (nSPS) is 15.1. The summed E-state index contributed by atoms with van der Waals surface area (Å²) in [7, 11) is 1.98. The number of benzene rings is 2. The van der Waals surface area contributed by atoms with Crippen molar-refractivity contribution in [1.29, 1.82) is 0 Å². The maximum absolute atomic E-state index is 12.6. The van der Waals surface area contributed by atoms with E-state index in [0.717, 1.165) is 55.6 Å². The molecule has 1 aliphatic heterocycles. The summed E-state index contributed by atoms with van der Waals surface area (Å²) >= 11 is 0. The van der Waals surface area contributed by atoms with Gasteiger partial charge in [0.15, 0.2) is 0 Å². The minimum absolute atomic E-state index is 0.0192. The molecule has 4 rings (SSSR count). The van der Waals surface area contributed by atoms with Crippen molar-refractivity contribution in [3.8, 4) is 0 Å². The molecule has 0 atom stereocenters. The Balaban J connectivity index is 1.21. The topological polar surface area (TPSA) is 40.5 Å². The van der Waals surface area contributed by atoms with Gasteiger partial charge in [-0.15, -0.1) is 0 Å². The molecule has 5 nitrogen and oxygen atoms in total. The molecule has 2 heterocycles. The number of aryl methyl sites for hydroxylation is 1. The smallest absolute Gasteiger partial charge is 0.253 e. The van der Waals surface area contributed by atoms with Crippen molar-refractivity contribution in [2.24, 2.45) is 7.05 Å². The van der Waals surface area contributed by atoms with Crippen LogP contribution in [0.5, 0.6) is 0 Å². The van der Waals surface area contributed by atoms with Gasteiger partial charge < -0.3 is 14.8 Å². The van der Waals surface area contributed by atoms with E-state index in [1.807, 2.05) is 42.1 Å². The molecule has 1 aliphatic rings. The Hall–Kier alpha value is -2.79. The zero-order chi connectivity index (χ0) is 19.3. The van der Waals surface area contributed by atoms with Crippen LogP contribution in [0, 0.1) is 0 Å². The second kappa shape index (κ2) is 8.48. The summed E-state index contributed by atoms with van der Waals surface area (Å²) in [6, 6.07) is 18.7. The molecule has 1 N–H and O–H groups in total. The van der Waals surface area contributed by atoms with Gasteiger partial charge in [-0.3, -0.25) is 9.69 Å². The quantitative estimate of drug-likeness (QED) is 0.672. The number of amides is 1. The Morgan fingerprint density at radius 3 is 2.46 bits per heavy atom. The third kappa shape index (κ3) is 4.04. The van der Waals surface area contributed by atoms with Gasteiger partial charge in [-0.05, 0) is 31.2 Å². The van der Waals surface area contributed by atoms with E-state index in [0.29, 0.717) is 6.54 Å². The Morgan fingerprint density at radius 1 is 0.964 bits per heavy atom. The zero-order valence-corrected chi connectivity index (χ0v) is 16.5. The van der Waals surface area contributed by atoms with Crippen molar-refractivity contribution in [2.75, 3.05) is 44.2 Å². The van der Waals surface area contributed by atoms with Crippen LogP contribution in [0.3, 0.4) is 0 Å². The molecule has 0 aliphatic carbocycles. The van der Waals surface area contributed by atoms with Crippen molar-refractivity contribution in [1.82, 2.24) is 14.8 Å². The zero-order valence-electron chi connectivity index (χ0n) is 16.5. The summed E-state index contributed by atoms with van der Waals surface area (Å²) in [4.78, 5) is 17.5. The molecule has 1 fully saturated rings. The molecule has 0 unspecified atom stereocenters. The van der Waals surface area contributed by atoms with Crippen LogP contribution in [-0.2, 0) is 7.05 Å². The van der Waals surface area contributed by atoms with Gasteiger partial charge in [-0.1, -0.05) is 36.4 Å². The lowest BCUT2D eigenvalue weighted by Gasteiger charge is -2.36. The van der Waals surface area contributed by atoms with Gasteiger partial charge in [-0.2, -0.15) is 0 Å². The number of nitrogens with one attached hydrogen (secondary N) is 1. The van der Waals surface area contributed by atoms with Gasteiger partial charge >= 0.3 is 0 Å². The number of aromatic nitrogens is 1. The van der Waals surface area contributed by atoms with E-state index in [-0.39, 0.29) is 5.91 Å². The monoisotopic (exact) mass is 376 g/mol. The number of carbonyl (C=O) groups is 1. The molecule has 28 heavy (non-hydrogen) atoms. The van der Waals surface area contributed by atoms with Crippen molar-refractivity contribution in [2.45, 2.75) is 6.42 Å². The van der Waals surface area contributed by atoms with E-state index < -0.39 is 0 Å². The van der Waals surface area contributed by atoms with Crippen LogP contribution in [0.15, 0.2) is 60.8 Å². The molecule has 0 saturated carbocycles. The first-order chi connectivity index (χ1) is 13.7. The first-order valence-corrected chi connectivity index (χ1v) is 10.1. The number of para-hydroxylation sites is 2. The fraction of sp³-hybridized carbons (Fsp3) is 0.348. The van der Waals surface area contributed by atoms with E-state index in [1.165, 1.54) is 5.69 Å². The second-order valence-corrected chi connectivity index (χ2v) is 7.44. The first-order valence-electron chi connectivity index (χ1n) is 10.1. The van der Waals surface area contributed by atoms with Crippen LogP contribution >= 0.6 is 0 Å². The highest BCUT2D eigenvalue weighted by Crippen LogP contribution is 2.20. The number of carbonyl (C=O) groups excluding carboxylic acids is 1. The second-order valence-electron chi connectivity index (χ2n) is 7.44. The molecule has 1 amide bonds. The van der Waals surface area contributed by atoms with Crippen molar-refractivity contribution < 1.29 is 4.79 Å². The van der Waals surface area contributed by atoms with Gasteiger partial charge in [0.25, 0.3) is 5.91 Å². The van der Waals surface area contributed by atoms with Crippen LogP contribution in [0.2, 0.25) is 0 Å². The molecule has 0 bridgehead atoms. The predicted octanol–water partition coefficient (Wildman–Crippen LogP) is 3.12. The standard InChI is InChI=1S/C23H28N4O/c1-25-18-21(20-10-5-6-11-22(20)25)23(28)24-12-7-13-26-14-16-27(17-15-26)19-8-3-2-4-9-19/h2-6,8-11,18H,7,12-17H2,1H3,(H,24,28). The fourth-order valence-electron chi connectivity index (χ4n) is 3.99. The highest BCUT2D eigenvalue weighted by Gasteiger charge is 2.17. The summed E-state index contributed by atoms with van der Waals surface area (Å²) in [6.45, 7) is 6.01. The molecule has 2 aromatic carbocycles. The predicted molar refractivity (Wildman–Crippen MR) is 115 cm³/mol. The van der Waals surface area contributed by atoms with Crippen LogP contribution in [0.1, 0.15) is 16.8 Å². The molecule has 3 aromatic rings. The van der Waals surface area contributed by atoms with Gasteiger partial charge in [0.1, 0.15) is 0 Å². The highest BCUT2D eigenvalue weighted by atomic mass is 16.1. The lowest BCUT2D eigenvalue weighted by molar-refractivity contribution is 0.0953. The van der Waals surface area contributed by atoms with Gasteiger partial charge in [-0.25, -0.2) is 0 Å². The minimum atomic E-state index is 0.0192. The van der Waals surface area contributed by atoms with E-state index >= 15 is 0 Å². The third-order valence-corrected chi connectivity index (χ3v) is 5.57. The lowest BCUT2D eigenvalue weighted by Crippen LogP contribution is -2.47. The molecule has 5 heteroatoms. The number of rotatable bonds is 6. The molecule has 0 spiro atoms. The maximum atomic E-state index is 12.6. The van der Waals surface area contributed by atoms with Crippen molar-refractivity contribution in [3.05, 3.63) is 66.4 Å². The Kier molecular flexibility index (Phi) is 5.63. The lowest BCUT2D eigenvalue weighted by atomic mass is 10.1. The summed E-state index contributed by atoms with van der Waals surface area (Å²) in [5, 5.41) is 4.10. The molecule has 146 valence electrons. The molecular weight excluding hydrogens is 348 g/mol. The van der Waals surface area contributed by atoms with Crippen LogP contribution < -0.4 is 10.2 Å². The molecule has 1 saturated heterocycles. The van der Waals surface area contributed by atoms with Gasteiger partial charge in [0.2, 0.25) is 0 Å². The summed E-state index contributed by atoms with van der Waals surface area (Å²) in [6.07, 6.45) is 2.89. The third-order valence-electron chi connectivity index (χ3n) is 5.57. The minimum Gasteiger partial charge on any atom is -0.369 e. The van der Waals surface area contributed by atoms with Gasteiger partial charge in [0, 0.05) is 62.6 Å². The molecule has 1 aromatic heterocycles. The molecular formula is C23H28N4O. The Morgan fingerprint density at radius 2 is 1.68 bits per heavy atom. The van der Waals surface area contributed by atoms with E-state index in [1.54, 1.807) is 0 Å². The van der Waals surface area contributed by atoms with E-state index in [9.17, 15) is 4.79 Å². The Labute approximate surface area is 166 Å². The SMILES string of the molecule is Cn1cc(C(=O)NCCCN2CCN(c3ccccc3)CC2)c2ccccc21. The fourth-order valence-corrected chi connectivity index (χ4v) is 3.99. The average molecular weight is 377 g/mol. The number of piperazine rings is 1. The number of anilines is 1. The van der Waals surface area contributed by atoms with Crippen LogP contribution in [0.25, 0.3) is 10.9 Å². The average Bonchev–Trinajstić information content (AvgIpc) is 3.09. The van der Waals surface area contributed by atoms with E-state index in [2.05, 4.69) is 45.4 Å². The largest absolute Gasteiger partial charge is 0.369 e. The first kappa shape index (κ1) is 18.6. The Bertz CT molecular complexity index is 926. The van der Waals surface area contributed by atoms with Crippen LogP contribution in [-0.4, -0.2) is 54.6 Å². The molecule has 0 radical (unpaired) electrons. The summed E-state index contributed by atoms with van der Waals surface area (Å²) < 4.78 is 2.01. The van der Waals surface area contributed by atoms with E-state index in [4.69, 9.17) is 0 Å². The number of fused-ring (bicyclic) bond motifs is 1. The van der Waals surface area contributed by atoms with Crippen molar-refractivity contribution in [3.63, 3.8) is 0 Å². The summed E-state index contributed by atoms with van der Waals surface area (Å²) in [5.41, 5.74) is 3.16. The highest BCUT2D eigenvalue weighted by molar-refractivity contribution is 6.06. The summed E-state index contributed by atoms with van der Waals surface area (Å²) in [5.74, 6) is 0.0192. The maximum Gasteiger partial charge on any atom is 0.253 e. The number of hydrogen-bond donors (Lipinski definition) is 1.